The van der Waals surface area contributed by atoms with E-state index in [9.17, 15) is 4.79 Å². The fraction of sp³-hybridized carbons (Fsp3) is 0.154. The normalized spacial score (nSPS) is 10.0. The van der Waals surface area contributed by atoms with E-state index in [0.29, 0.717) is 17.2 Å². The predicted octanol–water partition coefficient (Wildman–Crippen LogP) is 2.13. The molecule has 0 spiro atoms. The highest BCUT2D eigenvalue weighted by Crippen LogP contribution is 2.29. The lowest BCUT2D eigenvalue weighted by molar-refractivity contribution is 0.0997. The molecule has 1 aromatic carbocycles. The summed E-state index contributed by atoms with van der Waals surface area (Å²) in [7, 11) is 3.06. The number of methoxy groups -OCH3 is 2. The van der Waals surface area contributed by atoms with Crippen molar-refractivity contribution in [2.75, 3.05) is 25.3 Å². The minimum Gasteiger partial charge on any atom is -0.497 e. The van der Waals surface area contributed by atoms with Crippen LogP contribution in [0, 0.1) is 0 Å². The van der Waals surface area contributed by atoms with E-state index in [1.165, 1.54) is 19.2 Å². The summed E-state index contributed by atoms with van der Waals surface area (Å²) < 4.78 is 15.3. The summed E-state index contributed by atoms with van der Waals surface area (Å²) in [5, 5.41) is 2.67. The van der Waals surface area contributed by atoms with Crippen LogP contribution in [0.2, 0.25) is 0 Å². The van der Waals surface area contributed by atoms with Gasteiger partial charge in [-0.3, -0.25) is 4.79 Å². The number of hydrogen-bond acceptors (Lipinski definition) is 5. The highest BCUT2D eigenvalue weighted by Gasteiger charge is 2.13. The lowest BCUT2D eigenvalue weighted by Crippen LogP contribution is -2.11. The summed E-state index contributed by atoms with van der Waals surface area (Å²) in [5.74, 6) is 1.03. The van der Waals surface area contributed by atoms with Gasteiger partial charge in [-0.1, -0.05) is 0 Å². The first kappa shape index (κ1) is 12.8. The van der Waals surface area contributed by atoms with Gasteiger partial charge < -0.3 is 24.9 Å². The van der Waals surface area contributed by atoms with Gasteiger partial charge in [0.2, 0.25) is 0 Å². The Morgan fingerprint density at radius 3 is 2.58 bits per heavy atom. The number of carbonyl (C=O) groups excluding carboxylic acids is 1. The molecular formula is C13H14N2O4. The number of anilines is 2. The van der Waals surface area contributed by atoms with Crippen LogP contribution in [-0.4, -0.2) is 20.1 Å². The van der Waals surface area contributed by atoms with E-state index >= 15 is 0 Å². The van der Waals surface area contributed by atoms with Gasteiger partial charge in [-0.05, 0) is 18.2 Å². The summed E-state index contributed by atoms with van der Waals surface area (Å²) in [6, 6.07) is 8.10. The van der Waals surface area contributed by atoms with Crippen molar-refractivity contribution in [3.05, 3.63) is 36.1 Å². The third-order valence-electron chi connectivity index (χ3n) is 2.51. The molecule has 1 heterocycles. The molecule has 1 amide bonds. The molecule has 0 saturated heterocycles. The average molecular weight is 262 g/mol. The van der Waals surface area contributed by atoms with Crippen LogP contribution in [0.3, 0.4) is 0 Å². The second-order valence-electron chi connectivity index (χ2n) is 3.72. The summed E-state index contributed by atoms with van der Waals surface area (Å²) in [5.41, 5.74) is 5.91. The van der Waals surface area contributed by atoms with Gasteiger partial charge in [0.15, 0.2) is 11.6 Å². The molecule has 0 unspecified atom stereocenters. The zero-order valence-corrected chi connectivity index (χ0v) is 10.6. The molecule has 100 valence electrons. The first-order chi connectivity index (χ1) is 9.13. The Labute approximate surface area is 110 Å². The number of nitrogens with one attached hydrogen (secondary N) is 1. The molecule has 6 heteroatoms. The van der Waals surface area contributed by atoms with Gasteiger partial charge in [-0.15, -0.1) is 0 Å². The molecular weight excluding hydrogens is 248 g/mol. The van der Waals surface area contributed by atoms with Crippen molar-refractivity contribution in [3.8, 4) is 11.5 Å². The molecule has 0 atom stereocenters. The molecule has 0 fully saturated rings. The number of hydrogen-bond donors (Lipinski definition) is 2. The second kappa shape index (κ2) is 5.34. The van der Waals surface area contributed by atoms with Crippen LogP contribution in [0.5, 0.6) is 11.5 Å². The third kappa shape index (κ3) is 2.79. The molecule has 2 aromatic rings. The van der Waals surface area contributed by atoms with Gasteiger partial charge in [0.05, 0.1) is 19.9 Å². The number of amides is 1. The maximum absolute atomic E-state index is 11.9. The summed E-state index contributed by atoms with van der Waals surface area (Å²) >= 11 is 0. The average Bonchev–Trinajstić information content (AvgIpc) is 2.85. The number of benzene rings is 1. The molecule has 0 saturated carbocycles. The van der Waals surface area contributed by atoms with Crippen LogP contribution < -0.4 is 20.5 Å². The Kier molecular flexibility index (Phi) is 3.61. The largest absolute Gasteiger partial charge is 0.497 e. The van der Waals surface area contributed by atoms with Crippen molar-refractivity contribution in [1.29, 1.82) is 0 Å². The Morgan fingerprint density at radius 2 is 2.00 bits per heavy atom. The molecule has 0 aliphatic rings. The van der Waals surface area contributed by atoms with Crippen molar-refractivity contribution in [2.45, 2.75) is 0 Å². The van der Waals surface area contributed by atoms with Crippen LogP contribution in [0.4, 0.5) is 11.6 Å². The molecule has 0 aliphatic heterocycles. The quantitative estimate of drug-likeness (QED) is 0.881. The van der Waals surface area contributed by atoms with Gasteiger partial charge >= 0.3 is 0 Å². The molecule has 2 rings (SSSR count). The highest BCUT2D eigenvalue weighted by atomic mass is 16.5. The van der Waals surface area contributed by atoms with Crippen LogP contribution in [0.1, 0.15) is 10.6 Å². The summed E-state index contributed by atoms with van der Waals surface area (Å²) in [6.45, 7) is 0. The lowest BCUT2D eigenvalue weighted by atomic mass is 10.2. The fourth-order valence-corrected chi connectivity index (χ4v) is 1.57. The minimum atomic E-state index is -0.414. The number of carbonyl (C=O) groups is 1. The van der Waals surface area contributed by atoms with Crippen LogP contribution in [0.15, 0.2) is 34.7 Å². The minimum absolute atomic E-state index is 0.127. The van der Waals surface area contributed by atoms with E-state index in [1.54, 1.807) is 25.3 Å². The topological polar surface area (TPSA) is 86.7 Å². The maximum atomic E-state index is 11.9. The maximum Gasteiger partial charge on any atom is 0.291 e. The smallest absolute Gasteiger partial charge is 0.291 e. The van der Waals surface area contributed by atoms with E-state index in [0.717, 1.165) is 0 Å². The lowest BCUT2D eigenvalue weighted by Gasteiger charge is -2.10. The fourth-order valence-electron chi connectivity index (χ4n) is 1.57. The van der Waals surface area contributed by atoms with Gasteiger partial charge in [-0.25, -0.2) is 0 Å². The molecule has 3 N–H and O–H groups in total. The summed E-state index contributed by atoms with van der Waals surface area (Å²) in [6.07, 6.45) is 0. The van der Waals surface area contributed by atoms with Gasteiger partial charge in [-0.2, -0.15) is 0 Å². The van der Waals surface area contributed by atoms with Crippen LogP contribution >= 0.6 is 0 Å². The Bertz CT molecular complexity index is 592. The number of furan rings is 1. The molecule has 0 radical (unpaired) electrons. The number of nitrogen functional groups attached to an aromatic ring is 1. The first-order valence-electron chi connectivity index (χ1n) is 5.52. The van der Waals surface area contributed by atoms with Gasteiger partial charge in [0.1, 0.15) is 11.5 Å². The second-order valence-corrected chi connectivity index (χ2v) is 3.72. The Balaban J connectivity index is 2.24. The third-order valence-corrected chi connectivity index (χ3v) is 2.51. The van der Waals surface area contributed by atoms with E-state index < -0.39 is 5.91 Å². The zero-order chi connectivity index (χ0) is 13.8. The number of ether oxygens (including phenoxy) is 2. The van der Waals surface area contributed by atoms with Crippen LogP contribution in [0.25, 0.3) is 0 Å². The van der Waals surface area contributed by atoms with Crippen molar-refractivity contribution in [2.24, 2.45) is 0 Å². The monoisotopic (exact) mass is 262 g/mol. The highest BCUT2D eigenvalue weighted by molar-refractivity contribution is 6.03. The van der Waals surface area contributed by atoms with E-state index in [-0.39, 0.29) is 11.6 Å². The molecule has 1 aromatic heterocycles. The number of nitrogens with two attached hydrogens (primary N) is 1. The van der Waals surface area contributed by atoms with E-state index in [2.05, 4.69) is 5.32 Å². The molecule has 19 heavy (non-hydrogen) atoms. The zero-order valence-electron chi connectivity index (χ0n) is 10.6. The van der Waals surface area contributed by atoms with Crippen molar-refractivity contribution >= 4 is 17.5 Å². The van der Waals surface area contributed by atoms with Crippen molar-refractivity contribution in [3.63, 3.8) is 0 Å². The SMILES string of the molecule is COc1ccc(OC)c(NC(=O)c2ccc(N)o2)c1. The Morgan fingerprint density at radius 1 is 1.21 bits per heavy atom. The predicted molar refractivity (Wildman–Crippen MR) is 70.6 cm³/mol. The van der Waals surface area contributed by atoms with Crippen LogP contribution in [-0.2, 0) is 0 Å². The van der Waals surface area contributed by atoms with Gasteiger partial charge in [0, 0.05) is 12.1 Å². The van der Waals surface area contributed by atoms with E-state index in [4.69, 9.17) is 19.6 Å². The first-order valence-corrected chi connectivity index (χ1v) is 5.52. The summed E-state index contributed by atoms with van der Waals surface area (Å²) in [4.78, 5) is 11.9. The van der Waals surface area contributed by atoms with E-state index in [1.807, 2.05) is 0 Å². The van der Waals surface area contributed by atoms with Gasteiger partial charge in [0.25, 0.3) is 5.91 Å². The molecule has 6 nitrogen and oxygen atoms in total. The van der Waals surface area contributed by atoms with Crippen molar-refractivity contribution in [1.82, 2.24) is 0 Å². The Hall–Kier alpha value is -2.63. The molecule has 0 aliphatic carbocycles. The van der Waals surface area contributed by atoms with Crippen molar-refractivity contribution < 1.29 is 18.7 Å². The molecule has 0 bridgehead atoms. The standard InChI is InChI=1S/C13H14N2O4/c1-17-8-3-4-10(18-2)9(7-8)15-13(16)11-5-6-12(14)19-11/h3-7H,14H2,1-2H3,(H,15,16). The number of rotatable bonds is 4.